The summed E-state index contributed by atoms with van der Waals surface area (Å²) in [5.74, 6) is 0.327. The van der Waals surface area contributed by atoms with Crippen LogP contribution in [0.2, 0.25) is 5.02 Å². The highest BCUT2D eigenvalue weighted by molar-refractivity contribution is 7.89. The number of nitrogens with zero attached hydrogens (tertiary/aromatic N) is 2. The van der Waals surface area contributed by atoms with E-state index >= 15 is 0 Å². The fourth-order valence-electron chi connectivity index (χ4n) is 4.43. The maximum Gasteiger partial charge on any atom is 0.243 e. The smallest absolute Gasteiger partial charge is 0.243 e. The van der Waals surface area contributed by atoms with Crippen LogP contribution in [0.1, 0.15) is 32.3 Å². The number of carbonyl (C=O) groups excluding carboxylic acids is 1. The second kappa shape index (κ2) is 10.3. The third-order valence-corrected chi connectivity index (χ3v) is 8.63. The number of rotatable bonds is 8. The summed E-state index contributed by atoms with van der Waals surface area (Å²) >= 11 is 5.75. The Morgan fingerprint density at radius 1 is 1.14 bits per heavy atom. The van der Waals surface area contributed by atoms with E-state index in [-0.39, 0.29) is 36.2 Å². The second-order valence-corrected chi connectivity index (χ2v) is 11.8. The topological polar surface area (TPSA) is 76.2 Å². The van der Waals surface area contributed by atoms with Gasteiger partial charge in [0.2, 0.25) is 15.9 Å². The van der Waals surface area contributed by atoms with Crippen LogP contribution in [0.3, 0.4) is 0 Å². The monoisotopic (exact) mass is 524 g/mol. The second-order valence-electron chi connectivity index (χ2n) is 9.47. The lowest BCUT2D eigenvalue weighted by molar-refractivity contribution is -0.142. The quantitative estimate of drug-likeness (QED) is 0.485. The summed E-state index contributed by atoms with van der Waals surface area (Å²) in [7, 11) is -3.63. The molecule has 0 saturated carbocycles. The molecule has 0 atom stereocenters. The van der Waals surface area contributed by atoms with Crippen molar-refractivity contribution in [1.82, 2.24) is 9.21 Å². The minimum Gasteiger partial charge on any atom is -0.493 e. The van der Waals surface area contributed by atoms with Gasteiger partial charge in [-0.2, -0.15) is 4.31 Å². The van der Waals surface area contributed by atoms with Crippen LogP contribution < -0.4 is 9.47 Å². The van der Waals surface area contributed by atoms with Gasteiger partial charge < -0.3 is 14.4 Å². The molecule has 0 aromatic heterocycles. The van der Waals surface area contributed by atoms with E-state index in [9.17, 15) is 17.6 Å². The van der Waals surface area contributed by atoms with Gasteiger partial charge in [0.15, 0.2) is 11.6 Å². The van der Waals surface area contributed by atoms with E-state index in [0.29, 0.717) is 44.0 Å². The van der Waals surface area contributed by atoms with Crippen molar-refractivity contribution in [2.24, 2.45) is 5.41 Å². The average molecular weight is 525 g/mol. The molecule has 7 nitrogen and oxygen atoms in total. The Morgan fingerprint density at radius 3 is 2.60 bits per heavy atom. The van der Waals surface area contributed by atoms with Crippen molar-refractivity contribution in [2.45, 2.75) is 38.0 Å². The molecule has 0 radical (unpaired) electrons. The first-order valence-corrected chi connectivity index (χ1v) is 13.5. The third-order valence-electron chi connectivity index (χ3n) is 6.50. The van der Waals surface area contributed by atoms with Crippen LogP contribution in [0.4, 0.5) is 4.39 Å². The molecule has 2 aliphatic heterocycles. The number of piperazine rings is 1. The molecule has 0 N–H and O–H groups in total. The number of fused-ring (bicyclic) bond motifs is 1. The zero-order valence-electron chi connectivity index (χ0n) is 19.9. The van der Waals surface area contributed by atoms with E-state index in [1.165, 1.54) is 16.4 Å². The van der Waals surface area contributed by atoms with Crippen LogP contribution in [0.5, 0.6) is 11.5 Å². The van der Waals surface area contributed by atoms with Crippen molar-refractivity contribution in [3.63, 3.8) is 0 Å². The van der Waals surface area contributed by atoms with Crippen LogP contribution in [-0.2, 0) is 21.2 Å². The predicted molar refractivity (Wildman–Crippen MR) is 131 cm³/mol. The van der Waals surface area contributed by atoms with Crippen molar-refractivity contribution < 1.29 is 27.1 Å². The highest BCUT2D eigenvalue weighted by Gasteiger charge is 2.36. The third kappa shape index (κ3) is 5.73. The normalized spacial score (nSPS) is 16.6. The first-order chi connectivity index (χ1) is 16.6. The molecule has 0 unspecified atom stereocenters. The Kier molecular flexibility index (Phi) is 7.59. The van der Waals surface area contributed by atoms with Crippen molar-refractivity contribution in [1.29, 1.82) is 0 Å². The fourth-order valence-corrected chi connectivity index (χ4v) is 6.06. The fraction of sp³-hybridized carbons (Fsp3) is 0.480. The zero-order valence-corrected chi connectivity index (χ0v) is 21.5. The molecule has 0 aliphatic carbocycles. The van der Waals surface area contributed by atoms with Crippen LogP contribution in [0.25, 0.3) is 0 Å². The first-order valence-electron chi connectivity index (χ1n) is 11.7. The molecule has 2 heterocycles. The summed E-state index contributed by atoms with van der Waals surface area (Å²) in [4.78, 5) is 15.1. The van der Waals surface area contributed by atoms with E-state index in [2.05, 4.69) is 0 Å². The molecular weight excluding hydrogens is 495 g/mol. The number of benzene rings is 2. The van der Waals surface area contributed by atoms with E-state index in [0.717, 1.165) is 11.3 Å². The standard InChI is InChI=1S/C25H30ClFN2O5S/c1-25(2,9-3-14-33-23-6-4-19(26)17-21(23)27)24(30)28-10-12-29(13-11-28)35(31,32)20-5-7-22-18(16-20)8-15-34-22/h4-7,16-17H,3,8-15H2,1-2H3. The summed E-state index contributed by atoms with van der Waals surface area (Å²) in [6.07, 6.45) is 1.82. The molecule has 0 spiro atoms. The Bertz CT molecular complexity index is 1200. The van der Waals surface area contributed by atoms with E-state index in [4.69, 9.17) is 21.1 Å². The van der Waals surface area contributed by atoms with Crippen molar-refractivity contribution in [3.05, 3.63) is 52.8 Å². The summed E-state index contributed by atoms with van der Waals surface area (Å²) in [5, 5.41) is 0.302. The van der Waals surface area contributed by atoms with Crippen LogP contribution in [0, 0.1) is 11.2 Å². The van der Waals surface area contributed by atoms with E-state index < -0.39 is 21.3 Å². The van der Waals surface area contributed by atoms with Crippen molar-refractivity contribution in [3.8, 4) is 11.5 Å². The number of sulfonamides is 1. The Hall–Kier alpha value is -2.36. The highest BCUT2D eigenvalue weighted by Crippen LogP contribution is 2.30. The van der Waals surface area contributed by atoms with Gasteiger partial charge in [0.05, 0.1) is 18.1 Å². The lowest BCUT2D eigenvalue weighted by atomic mass is 9.86. The molecule has 35 heavy (non-hydrogen) atoms. The molecule has 1 fully saturated rings. The zero-order chi connectivity index (χ0) is 25.2. The summed E-state index contributed by atoms with van der Waals surface area (Å²) in [6.45, 7) is 5.74. The van der Waals surface area contributed by atoms with Gasteiger partial charge >= 0.3 is 0 Å². The largest absolute Gasteiger partial charge is 0.493 e. The molecule has 2 aromatic rings. The van der Waals surface area contributed by atoms with Crippen molar-refractivity contribution in [2.75, 3.05) is 39.4 Å². The number of carbonyl (C=O) groups is 1. The Morgan fingerprint density at radius 2 is 1.89 bits per heavy atom. The molecule has 1 amide bonds. The average Bonchev–Trinajstić information content (AvgIpc) is 3.30. The molecule has 190 valence electrons. The van der Waals surface area contributed by atoms with Gasteiger partial charge in [0, 0.05) is 43.0 Å². The van der Waals surface area contributed by atoms with Crippen LogP contribution in [-0.4, -0.2) is 62.9 Å². The number of halogens is 2. The summed E-state index contributed by atoms with van der Waals surface area (Å²) in [5.41, 5.74) is 0.257. The van der Waals surface area contributed by atoms with E-state index in [1.807, 2.05) is 13.8 Å². The summed E-state index contributed by atoms with van der Waals surface area (Å²) < 4.78 is 52.5. The molecule has 2 aromatic carbocycles. The molecule has 2 aliphatic rings. The number of hydrogen-bond donors (Lipinski definition) is 0. The van der Waals surface area contributed by atoms with Crippen molar-refractivity contribution >= 4 is 27.5 Å². The predicted octanol–water partition coefficient (Wildman–Crippen LogP) is 4.13. The van der Waals surface area contributed by atoms with Gasteiger partial charge in [-0.05, 0) is 54.8 Å². The highest BCUT2D eigenvalue weighted by atomic mass is 35.5. The van der Waals surface area contributed by atoms with Crippen LogP contribution >= 0.6 is 11.6 Å². The van der Waals surface area contributed by atoms with Gasteiger partial charge in [-0.3, -0.25) is 4.79 Å². The number of ether oxygens (including phenoxy) is 2. The number of amides is 1. The summed E-state index contributed by atoms with van der Waals surface area (Å²) in [6, 6.07) is 9.23. The minimum absolute atomic E-state index is 0.0260. The van der Waals surface area contributed by atoms with E-state index in [1.54, 1.807) is 29.2 Å². The maximum absolute atomic E-state index is 13.8. The lowest BCUT2D eigenvalue weighted by Crippen LogP contribution is -2.53. The SMILES string of the molecule is CC(C)(CCCOc1ccc(Cl)cc1F)C(=O)N1CCN(S(=O)(=O)c2ccc3c(c2)CCO3)CC1. The van der Waals surface area contributed by atoms with Gasteiger partial charge in [0.1, 0.15) is 5.75 Å². The van der Waals surface area contributed by atoms with Crippen LogP contribution in [0.15, 0.2) is 41.3 Å². The lowest BCUT2D eigenvalue weighted by Gasteiger charge is -2.38. The van der Waals surface area contributed by atoms with Gasteiger partial charge in [-0.25, -0.2) is 12.8 Å². The Labute approximate surface area is 210 Å². The van der Waals surface area contributed by atoms with Gasteiger partial charge in [0.25, 0.3) is 0 Å². The Balaban J connectivity index is 1.28. The molecule has 10 heteroatoms. The molecular formula is C25H30ClFN2O5S. The van der Waals surface area contributed by atoms with Gasteiger partial charge in [-0.15, -0.1) is 0 Å². The molecule has 4 rings (SSSR count). The number of hydrogen-bond acceptors (Lipinski definition) is 5. The maximum atomic E-state index is 13.8. The minimum atomic E-state index is -3.63. The molecule has 0 bridgehead atoms. The molecule has 1 saturated heterocycles. The first kappa shape index (κ1) is 25.7. The van der Waals surface area contributed by atoms with Gasteiger partial charge in [-0.1, -0.05) is 25.4 Å².